The summed E-state index contributed by atoms with van der Waals surface area (Å²) in [6.07, 6.45) is 2.36. The van der Waals surface area contributed by atoms with Crippen LogP contribution in [0.2, 0.25) is 13.1 Å². The Morgan fingerprint density at radius 1 is 0.644 bits per heavy atom. The van der Waals surface area contributed by atoms with Crippen molar-refractivity contribution in [3.63, 3.8) is 0 Å². The largest absolute Gasteiger partial charge is 0.444 e. The van der Waals surface area contributed by atoms with Crippen LogP contribution in [-0.4, -0.2) is 111 Å². The number of carbonyl (C=O) groups is 5. The van der Waals surface area contributed by atoms with Gasteiger partial charge in [0.15, 0.2) is 9.04 Å². The molecule has 2 atom stereocenters. The molecule has 0 heterocycles. The molecule has 0 aromatic rings. The monoisotopic (exact) mass is 859 g/mol. The van der Waals surface area contributed by atoms with E-state index in [2.05, 4.69) is 39.4 Å². The molecule has 5 amide bonds. The van der Waals surface area contributed by atoms with Crippen molar-refractivity contribution in [3.8, 4) is 0 Å². The summed E-state index contributed by atoms with van der Waals surface area (Å²) in [7, 11) is -1.40. The first-order chi connectivity index (χ1) is 26.8. The number of amides is 5. The van der Waals surface area contributed by atoms with E-state index in [0.717, 1.165) is 12.8 Å². The zero-order chi connectivity index (χ0) is 45.8. The molecule has 0 aromatic heterocycles. The fourth-order valence-electron chi connectivity index (χ4n) is 5.24. The molecule has 0 spiro atoms. The highest BCUT2D eigenvalue weighted by Gasteiger charge is 2.32. The molecule has 0 saturated carbocycles. The van der Waals surface area contributed by atoms with Crippen molar-refractivity contribution in [2.45, 2.75) is 203 Å². The van der Waals surface area contributed by atoms with Gasteiger partial charge in [0.05, 0.1) is 5.60 Å². The summed E-state index contributed by atoms with van der Waals surface area (Å²) in [5, 5.41) is 11.3. The normalized spacial score (nSPS) is 13.9. The zero-order valence-electron chi connectivity index (χ0n) is 39.7. The van der Waals surface area contributed by atoms with E-state index in [0.29, 0.717) is 58.3 Å². The van der Waals surface area contributed by atoms with Crippen molar-refractivity contribution in [1.82, 2.24) is 26.2 Å². The standard InChI is InChI=1S/C42H82N6O10Si/c1-38(2,3)32(33(50)43-26-22-23-28-48(37(53)57-42(13,14)15)29-25-31(58-59(16)17)54-39(4,5)6)45-30(49)24-20-18-19-21-27-44-34(46-35(51)55-40(7,8)9)47-36(52)56-41(10,11)12/h31-32,59H,18-29H2,1-17H3,(H,43,50)(H,45,49)(H2,44,46,47,51,52). The Kier molecular flexibility index (Phi) is 23.9. The number of hydrogen-bond donors (Lipinski definition) is 4. The van der Waals surface area contributed by atoms with E-state index in [1.807, 2.05) is 62.3 Å². The lowest BCUT2D eigenvalue weighted by Crippen LogP contribution is -2.53. The van der Waals surface area contributed by atoms with Crippen molar-refractivity contribution >= 4 is 45.1 Å². The number of carbonyl (C=O) groups excluding carboxylic acids is 5. The van der Waals surface area contributed by atoms with Gasteiger partial charge in [0.25, 0.3) is 0 Å². The lowest BCUT2D eigenvalue weighted by atomic mass is 9.86. The molecule has 0 bridgehead atoms. The van der Waals surface area contributed by atoms with Gasteiger partial charge in [0.1, 0.15) is 29.1 Å². The number of ether oxygens (including phenoxy) is 4. The molecule has 17 heteroatoms. The van der Waals surface area contributed by atoms with Crippen LogP contribution in [0.3, 0.4) is 0 Å². The molecule has 2 unspecified atom stereocenters. The number of alkyl carbamates (subject to hydrolysis) is 1. The topological polar surface area (TPSA) is 195 Å². The van der Waals surface area contributed by atoms with E-state index < -0.39 is 67.5 Å². The average Bonchev–Trinajstić information content (AvgIpc) is 2.99. The Balaban J connectivity index is 5.05. The Morgan fingerprint density at radius 3 is 1.71 bits per heavy atom. The molecule has 344 valence electrons. The highest BCUT2D eigenvalue weighted by molar-refractivity contribution is 6.48. The van der Waals surface area contributed by atoms with Gasteiger partial charge in [0.2, 0.25) is 17.8 Å². The summed E-state index contributed by atoms with van der Waals surface area (Å²) in [5.74, 6) is -0.550. The van der Waals surface area contributed by atoms with E-state index in [1.165, 1.54) is 0 Å². The van der Waals surface area contributed by atoms with Crippen molar-refractivity contribution in [1.29, 1.82) is 0 Å². The van der Waals surface area contributed by atoms with Crippen LogP contribution in [0.25, 0.3) is 0 Å². The van der Waals surface area contributed by atoms with Crippen LogP contribution < -0.4 is 21.3 Å². The maximum atomic E-state index is 13.3. The quantitative estimate of drug-likeness (QED) is 0.0236. The average molecular weight is 859 g/mol. The molecule has 59 heavy (non-hydrogen) atoms. The van der Waals surface area contributed by atoms with Crippen molar-refractivity contribution in [2.24, 2.45) is 10.4 Å². The van der Waals surface area contributed by atoms with Crippen LogP contribution in [0.1, 0.15) is 155 Å². The van der Waals surface area contributed by atoms with Crippen molar-refractivity contribution in [3.05, 3.63) is 0 Å². The van der Waals surface area contributed by atoms with Gasteiger partial charge in [-0.05, 0) is 127 Å². The van der Waals surface area contributed by atoms with E-state index in [1.54, 1.807) is 46.4 Å². The summed E-state index contributed by atoms with van der Waals surface area (Å²) in [6, 6.07) is -0.734. The third-order valence-electron chi connectivity index (χ3n) is 7.62. The van der Waals surface area contributed by atoms with Gasteiger partial charge < -0.3 is 44.2 Å². The number of nitrogens with zero attached hydrogens (tertiary/aromatic N) is 2. The second-order valence-electron chi connectivity index (χ2n) is 20.1. The molecule has 0 radical (unpaired) electrons. The molecule has 0 saturated heterocycles. The molecular formula is C42H82N6O10Si. The summed E-state index contributed by atoms with van der Waals surface area (Å²) in [4.78, 5) is 69.5. The molecule has 0 aromatic carbocycles. The number of aliphatic imine (C=N–C) groups is 1. The molecular weight excluding hydrogens is 777 g/mol. The predicted molar refractivity (Wildman–Crippen MR) is 235 cm³/mol. The van der Waals surface area contributed by atoms with Crippen molar-refractivity contribution < 1.29 is 47.3 Å². The second kappa shape index (κ2) is 25.4. The number of hydrogen-bond acceptors (Lipinski definition) is 10. The first-order valence-electron chi connectivity index (χ1n) is 21.2. The smallest absolute Gasteiger partial charge is 0.437 e. The third-order valence-corrected chi connectivity index (χ3v) is 8.47. The van der Waals surface area contributed by atoms with Crippen LogP contribution in [0.5, 0.6) is 0 Å². The van der Waals surface area contributed by atoms with Gasteiger partial charge in [-0.3, -0.25) is 14.9 Å². The Hall–Kier alpha value is -3.44. The maximum Gasteiger partial charge on any atom is 0.437 e. The Bertz CT molecular complexity index is 1340. The predicted octanol–water partition coefficient (Wildman–Crippen LogP) is 7.54. The highest BCUT2D eigenvalue weighted by atomic mass is 28.3. The number of guanidine groups is 1. The minimum atomic E-state index is -1.40. The van der Waals surface area contributed by atoms with Gasteiger partial charge in [-0.1, -0.05) is 33.6 Å². The molecule has 4 N–H and O–H groups in total. The first-order valence-corrected chi connectivity index (χ1v) is 24.0. The number of rotatable bonds is 20. The second-order valence-corrected chi connectivity index (χ2v) is 22.5. The Labute approximate surface area is 357 Å². The van der Waals surface area contributed by atoms with Gasteiger partial charge in [-0.25, -0.2) is 14.4 Å². The lowest BCUT2D eigenvalue weighted by molar-refractivity contribution is -0.157. The van der Waals surface area contributed by atoms with Crippen LogP contribution in [0.4, 0.5) is 14.4 Å². The molecule has 0 fully saturated rings. The van der Waals surface area contributed by atoms with Crippen LogP contribution in [0.15, 0.2) is 4.99 Å². The maximum absolute atomic E-state index is 13.3. The van der Waals surface area contributed by atoms with Gasteiger partial charge in [-0.2, -0.15) is 0 Å². The van der Waals surface area contributed by atoms with Crippen LogP contribution in [0, 0.1) is 5.41 Å². The molecule has 0 aliphatic rings. The van der Waals surface area contributed by atoms with E-state index in [4.69, 9.17) is 23.4 Å². The first kappa shape index (κ1) is 55.6. The molecule has 0 rings (SSSR count). The number of unbranched alkanes of at least 4 members (excludes halogenated alkanes) is 4. The van der Waals surface area contributed by atoms with Gasteiger partial charge >= 0.3 is 18.3 Å². The van der Waals surface area contributed by atoms with E-state index in [9.17, 15) is 24.0 Å². The number of nitrogens with one attached hydrogen (secondary N) is 4. The van der Waals surface area contributed by atoms with Crippen molar-refractivity contribution in [2.75, 3.05) is 26.2 Å². The molecule has 0 aliphatic heterocycles. The SMILES string of the molecule is C[SiH](C)OC(CCN(CCCCNC(=O)C(NC(=O)CCCCCCNC(=NC(=O)OC(C)(C)C)NC(=O)OC(C)(C)C)C(C)(C)C)C(=O)OC(C)(C)C)OC(C)(C)C. The van der Waals surface area contributed by atoms with Crippen LogP contribution in [-0.2, 0) is 33.0 Å². The fraction of sp³-hybridized carbons (Fsp3) is 0.857. The van der Waals surface area contributed by atoms with Gasteiger partial charge in [-0.15, -0.1) is 4.99 Å². The molecule has 16 nitrogen and oxygen atoms in total. The summed E-state index contributed by atoms with van der Waals surface area (Å²) < 4.78 is 28.5. The minimum absolute atomic E-state index is 0.0772. The van der Waals surface area contributed by atoms with E-state index >= 15 is 0 Å². The molecule has 0 aliphatic carbocycles. The zero-order valence-corrected chi connectivity index (χ0v) is 40.8. The summed E-state index contributed by atoms with van der Waals surface area (Å²) in [5.41, 5.74) is -3.07. The minimum Gasteiger partial charge on any atom is -0.444 e. The Morgan fingerprint density at radius 2 is 1.19 bits per heavy atom. The fourth-order valence-corrected chi connectivity index (χ4v) is 6.04. The highest BCUT2D eigenvalue weighted by Crippen LogP contribution is 2.21. The third kappa shape index (κ3) is 31.1. The summed E-state index contributed by atoms with van der Waals surface area (Å²) in [6.45, 7) is 33.3. The summed E-state index contributed by atoms with van der Waals surface area (Å²) >= 11 is 0. The van der Waals surface area contributed by atoms with Crippen LogP contribution >= 0.6 is 0 Å². The van der Waals surface area contributed by atoms with Gasteiger partial charge in [0, 0.05) is 39.0 Å². The lowest BCUT2D eigenvalue weighted by Gasteiger charge is -2.32. The van der Waals surface area contributed by atoms with E-state index in [-0.39, 0.29) is 24.2 Å².